The summed E-state index contributed by atoms with van der Waals surface area (Å²) in [5.41, 5.74) is -0.906. The minimum absolute atomic E-state index is 0.157. The van der Waals surface area contributed by atoms with Gasteiger partial charge in [0.2, 0.25) is 5.71 Å². The Morgan fingerprint density at radius 1 is 1.78 bits per heavy atom. The van der Waals surface area contributed by atoms with Crippen LogP contribution in [0, 0.1) is 11.3 Å². The van der Waals surface area contributed by atoms with Crippen LogP contribution < -0.4 is 5.41 Å². The smallest absolute Gasteiger partial charge is 0.369 e. The maximum atomic E-state index is 10.2. The topological polar surface area (TPSA) is 72.4 Å². The van der Waals surface area contributed by atoms with Crippen LogP contribution in [0.15, 0.2) is 0 Å². The standard InChI is InChI=1S/C5H5N2O2/c1-2-9-5(8)4(7)3-6/h2H2,1H3. The quantitative estimate of drug-likeness (QED) is 0.362. The Morgan fingerprint density at radius 2 is 2.33 bits per heavy atom. The molecule has 0 saturated carbocycles. The Morgan fingerprint density at radius 3 is 2.67 bits per heavy atom. The summed E-state index contributed by atoms with van der Waals surface area (Å²) in [5.74, 6) is -0.972. The molecule has 1 radical (unpaired) electrons. The van der Waals surface area contributed by atoms with Gasteiger partial charge >= 0.3 is 5.97 Å². The van der Waals surface area contributed by atoms with E-state index in [0.29, 0.717) is 0 Å². The average molecular weight is 125 g/mol. The molecule has 0 unspecified atom stereocenters. The largest absolute Gasteiger partial charge is 0.461 e. The molecule has 0 aromatic rings. The third kappa shape index (κ3) is 2.44. The Labute approximate surface area is 52.6 Å². The van der Waals surface area contributed by atoms with E-state index in [2.05, 4.69) is 4.74 Å². The van der Waals surface area contributed by atoms with Crippen molar-refractivity contribution in [3.63, 3.8) is 0 Å². The normalized spacial score (nSPS) is 7.56. The molecule has 0 fully saturated rings. The molecule has 9 heavy (non-hydrogen) atoms. The SMILES string of the molecule is CCOC(=O)C(=[N])C#N. The summed E-state index contributed by atoms with van der Waals surface area (Å²) in [6, 6.07) is 1.25. The van der Waals surface area contributed by atoms with Crippen molar-refractivity contribution in [1.29, 1.82) is 5.26 Å². The molecule has 0 saturated heterocycles. The maximum Gasteiger partial charge on any atom is 0.369 e. The van der Waals surface area contributed by atoms with Gasteiger partial charge in [0.1, 0.15) is 6.07 Å². The molecular weight excluding hydrogens is 120 g/mol. The van der Waals surface area contributed by atoms with Gasteiger partial charge in [0.25, 0.3) is 0 Å². The molecule has 0 aromatic heterocycles. The molecular formula is C5H5N2O2. The highest BCUT2D eigenvalue weighted by Crippen LogP contribution is 1.76. The molecule has 0 atom stereocenters. The van der Waals surface area contributed by atoms with Crippen LogP contribution in [0.2, 0.25) is 0 Å². The lowest BCUT2D eigenvalue weighted by molar-refractivity contribution is -0.134. The van der Waals surface area contributed by atoms with Gasteiger partial charge in [-0.25, -0.2) is 4.79 Å². The summed E-state index contributed by atoms with van der Waals surface area (Å²) in [5, 5.41) is 16.2. The van der Waals surface area contributed by atoms with Crippen LogP contribution in [-0.2, 0) is 9.53 Å². The van der Waals surface area contributed by atoms with Gasteiger partial charge in [-0.1, -0.05) is 0 Å². The van der Waals surface area contributed by atoms with E-state index < -0.39 is 11.7 Å². The van der Waals surface area contributed by atoms with Crippen molar-refractivity contribution in [3.8, 4) is 6.07 Å². The van der Waals surface area contributed by atoms with Gasteiger partial charge in [0.05, 0.1) is 6.61 Å². The maximum absolute atomic E-state index is 10.2. The van der Waals surface area contributed by atoms with Gasteiger partial charge in [0, 0.05) is 0 Å². The van der Waals surface area contributed by atoms with Crippen LogP contribution in [0.3, 0.4) is 0 Å². The minimum Gasteiger partial charge on any atom is -0.461 e. The van der Waals surface area contributed by atoms with Crippen molar-refractivity contribution in [1.82, 2.24) is 5.41 Å². The average Bonchev–Trinajstić information content (AvgIpc) is 1.87. The van der Waals surface area contributed by atoms with Gasteiger partial charge < -0.3 is 4.74 Å². The summed E-state index contributed by atoms with van der Waals surface area (Å²) in [4.78, 5) is 10.2. The number of rotatable bonds is 2. The number of hydrogen-bond acceptors (Lipinski definition) is 3. The van der Waals surface area contributed by atoms with Crippen molar-refractivity contribution in [2.24, 2.45) is 0 Å². The number of ether oxygens (including phenoxy) is 1. The lowest BCUT2D eigenvalue weighted by Gasteiger charge is -1.92. The molecule has 0 amide bonds. The number of carbonyl (C=O) groups is 1. The van der Waals surface area contributed by atoms with E-state index in [1.165, 1.54) is 6.07 Å². The lowest BCUT2D eigenvalue weighted by atomic mass is 10.4. The van der Waals surface area contributed by atoms with Crippen LogP contribution in [0.5, 0.6) is 0 Å². The fraction of sp³-hybridized carbons (Fsp3) is 0.400. The monoisotopic (exact) mass is 125 g/mol. The molecule has 4 nitrogen and oxygen atoms in total. The van der Waals surface area contributed by atoms with Crippen molar-refractivity contribution in [2.75, 3.05) is 6.61 Å². The number of esters is 1. The molecule has 0 rings (SSSR count). The number of hydrogen-bond donors (Lipinski definition) is 0. The third-order valence-corrected chi connectivity index (χ3v) is 0.575. The molecule has 0 aliphatic heterocycles. The first-order valence-corrected chi connectivity index (χ1v) is 2.35. The zero-order valence-corrected chi connectivity index (χ0v) is 4.92. The first-order chi connectivity index (χ1) is 4.22. The molecule has 0 N–H and O–H groups in total. The molecule has 47 valence electrons. The molecule has 0 spiro atoms. The second-order valence-electron chi connectivity index (χ2n) is 1.18. The van der Waals surface area contributed by atoms with Crippen LogP contribution in [0.4, 0.5) is 0 Å². The molecule has 0 aliphatic rings. The lowest BCUT2D eigenvalue weighted by Crippen LogP contribution is -2.15. The van der Waals surface area contributed by atoms with Crippen molar-refractivity contribution < 1.29 is 9.53 Å². The van der Waals surface area contributed by atoms with E-state index in [4.69, 9.17) is 10.7 Å². The summed E-state index contributed by atoms with van der Waals surface area (Å²) in [7, 11) is 0. The van der Waals surface area contributed by atoms with Crippen LogP contribution >= 0.6 is 0 Å². The molecule has 0 heterocycles. The number of nitrogens with zero attached hydrogens (tertiary/aromatic N) is 2. The van der Waals surface area contributed by atoms with Gasteiger partial charge in [-0.05, 0) is 6.92 Å². The molecule has 0 aliphatic carbocycles. The van der Waals surface area contributed by atoms with E-state index in [9.17, 15) is 4.79 Å². The first kappa shape index (κ1) is 7.63. The second kappa shape index (κ2) is 3.61. The number of carbonyl (C=O) groups excluding carboxylic acids is 1. The van der Waals surface area contributed by atoms with Gasteiger partial charge in [-0.15, -0.1) is 5.41 Å². The highest BCUT2D eigenvalue weighted by atomic mass is 16.5. The molecule has 0 aromatic carbocycles. The van der Waals surface area contributed by atoms with Crippen LogP contribution in [-0.4, -0.2) is 18.3 Å². The zero-order valence-electron chi connectivity index (χ0n) is 4.92. The van der Waals surface area contributed by atoms with E-state index in [1.54, 1.807) is 6.92 Å². The Bertz CT molecular complexity index is 168. The summed E-state index contributed by atoms with van der Waals surface area (Å²) in [6.07, 6.45) is 0. The van der Waals surface area contributed by atoms with Crippen molar-refractivity contribution in [3.05, 3.63) is 0 Å². The minimum atomic E-state index is -0.972. The summed E-state index contributed by atoms with van der Waals surface area (Å²) >= 11 is 0. The number of nitriles is 1. The van der Waals surface area contributed by atoms with Crippen molar-refractivity contribution in [2.45, 2.75) is 6.92 Å². The molecule has 0 bridgehead atoms. The van der Waals surface area contributed by atoms with Gasteiger partial charge in [-0.3, -0.25) is 0 Å². The Kier molecular flexibility index (Phi) is 3.06. The highest BCUT2D eigenvalue weighted by molar-refractivity contribution is 6.42. The zero-order chi connectivity index (χ0) is 7.28. The van der Waals surface area contributed by atoms with E-state index >= 15 is 0 Å². The van der Waals surface area contributed by atoms with E-state index in [1.807, 2.05) is 0 Å². The van der Waals surface area contributed by atoms with Crippen LogP contribution in [0.25, 0.3) is 0 Å². The van der Waals surface area contributed by atoms with E-state index in [-0.39, 0.29) is 6.61 Å². The molecule has 4 heteroatoms. The fourth-order valence-electron chi connectivity index (χ4n) is 0.245. The Hall–Kier alpha value is -1.37. The van der Waals surface area contributed by atoms with Crippen LogP contribution in [0.1, 0.15) is 6.92 Å². The third-order valence-electron chi connectivity index (χ3n) is 0.575. The van der Waals surface area contributed by atoms with Gasteiger partial charge in [-0.2, -0.15) is 5.26 Å². The first-order valence-electron chi connectivity index (χ1n) is 2.35. The summed E-state index contributed by atoms with van der Waals surface area (Å²) in [6.45, 7) is 1.74. The summed E-state index contributed by atoms with van der Waals surface area (Å²) < 4.78 is 4.25. The highest BCUT2D eigenvalue weighted by Gasteiger charge is 2.08. The van der Waals surface area contributed by atoms with Gasteiger partial charge in [0.15, 0.2) is 0 Å². The predicted molar refractivity (Wildman–Crippen MR) is 29.4 cm³/mol. The fourth-order valence-corrected chi connectivity index (χ4v) is 0.245. The van der Waals surface area contributed by atoms with E-state index in [0.717, 1.165) is 0 Å². The van der Waals surface area contributed by atoms with Crippen molar-refractivity contribution >= 4 is 11.7 Å². The Balaban J connectivity index is 3.78. The predicted octanol–water partition coefficient (Wildman–Crippen LogP) is -0.686. The second-order valence-corrected chi connectivity index (χ2v) is 1.18.